The molecule has 1 aromatic rings. The van der Waals surface area contributed by atoms with E-state index >= 15 is 0 Å². The zero-order valence-corrected chi connectivity index (χ0v) is 14.8. The number of hydrogen-bond donors (Lipinski definition) is 2. The average Bonchev–Trinajstić information content (AvgIpc) is 2.86. The van der Waals surface area contributed by atoms with Crippen LogP contribution in [0.3, 0.4) is 0 Å². The number of nitrogens with zero attached hydrogens (tertiary/aromatic N) is 1. The molecule has 1 aliphatic heterocycles. The SMILES string of the molecule is CC(C)CCNc1nc(C(=O)N[C@@H]2CCOC(C)(C)C2)cs1. The van der Waals surface area contributed by atoms with Gasteiger partial charge in [-0.15, -0.1) is 11.3 Å². The predicted molar refractivity (Wildman–Crippen MR) is 90.6 cm³/mol. The fourth-order valence-electron chi connectivity index (χ4n) is 2.54. The molecule has 124 valence electrons. The number of rotatable bonds is 6. The summed E-state index contributed by atoms with van der Waals surface area (Å²) in [5.74, 6) is 0.572. The third kappa shape index (κ3) is 5.25. The van der Waals surface area contributed by atoms with E-state index in [1.54, 1.807) is 0 Å². The molecule has 22 heavy (non-hydrogen) atoms. The molecule has 0 saturated carbocycles. The van der Waals surface area contributed by atoms with Crippen LogP contribution in [0.4, 0.5) is 5.13 Å². The van der Waals surface area contributed by atoms with E-state index in [0.29, 0.717) is 18.2 Å². The van der Waals surface area contributed by atoms with Crippen molar-refractivity contribution in [3.63, 3.8) is 0 Å². The zero-order chi connectivity index (χ0) is 16.2. The van der Waals surface area contributed by atoms with Crippen molar-refractivity contribution in [2.75, 3.05) is 18.5 Å². The summed E-state index contributed by atoms with van der Waals surface area (Å²) < 4.78 is 5.68. The molecule has 0 bridgehead atoms. The van der Waals surface area contributed by atoms with Gasteiger partial charge in [-0.05, 0) is 39.0 Å². The Morgan fingerprint density at radius 2 is 2.32 bits per heavy atom. The molecule has 1 amide bonds. The van der Waals surface area contributed by atoms with E-state index in [0.717, 1.165) is 30.9 Å². The Kier molecular flexibility index (Phi) is 5.81. The number of thiazole rings is 1. The summed E-state index contributed by atoms with van der Waals surface area (Å²) in [5.41, 5.74) is 0.336. The minimum atomic E-state index is -0.165. The molecule has 0 radical (unpaired) electrons. The zero-order valence-electron chi connectivity index (χ0n) is 13.9. The number of aromatic nitrogens is 1. The molecule has 2 heterocycles. The fraction of sp³-hybridized carbons (Fsp3) is 0.750. The van der Waals surface area contributed by atoms with Gasteiger partial charge in [-0.2, -0.15) is 0 Å². The molecular formula is C16H27N3O2S. The van der Waals surface area contributed by atoms with E-state index in [2.05, 4.69) is 43.3 Å². The van der Waals surface area contributed by atoms with Crippen LogP contribution in [0.5, 0.6) is 0 Å². The standard InChI is InChI=1S/C16H27N3O2S/c1-11(2)5-7-17-15-19-13(10-22-15)14(20)18-12-6-8-21-16(3,4)9-12/h10-12H,5-9H2,1-4H3,(H,17,19)(H,18,20)/t12-/m1/s1. The number of carbonyl (C=O) groups is 1. The van der Waals surface area contributed by atoms with Gasteiger partial charge in [-0.1, -0.05) is 13.8 Å². The highest BCUT2D eigenvalue weighted by molar-refractivity contribution is 7.13. The molecule has 1 saturated heterocycles. The van der Waals surface area contributed by atoms with Gasteiger partial charge < -0.3 is 15.4 Å². The van der Waals surface area contributed by atoms with Crippen LogP contribution in [0.2, 0.25) is 0 Å². The number of hydrogen-bond acceptors (Lipinski definition) is 5. The van der Waals surface area contributed by atoms with E-state index in [1.165, 1.54) is 11.3 Å². The summed E-state index contributed by atoms with van der Waals surface area (Å²) in [7, 11) is 0. The molecule has 1 aromatic heterocycles. The highest BCUT2D eigenvalue weighted by atomic mass is 32.1. The first-order chi connectivity index (χ1) is 10.4. The Morgan fingerprint density at radius 1 is 1.55 bits per heavy atom. The molecule has 1 fully saturated rings. The molecule has 5 nitrogen and oxygen atoms in total. The second-order valence-corrected chi connectivity index (χ2v) is 7.78. The summed E-state index contributed by atoms with van der Waals surface area (Å²) in [6, 6.07) is 0.162. The Morgan fingerprint density at radius 3 is 3.00 bits per heavy atom. The quantitative estimate of drug-likeness (QED) is 0.842. The lowest BCUT2D eigenvalue weighted by Crippen LogP contribution is -2.45. The summed E-state index contributed by atoms with van der Waals surface area (Å²) in [6.07, 6.45) is 2.79. The third-order valence-electron chi connectivity index (χ3n) is 3.77. The van der Waals surface area contributed by atoms with Crippen molar-refractivity contribution in [3.05, 3.63) is 11.1 Å². The highest BCUT2D eigenvalue weighted by Gasteiger charge is 2.30. The van der Waals surface area contributed by atoms with E-state index in [-0.39, 0.29) is 17.6 Å². The minimum absolute atomic E-state index is 0.0872. The fourth-order valence-corrected chi connectivity index (χ4v) is 3.26. The summed E-state index contributed by atoms with van der Waals surface area (Å²) >= 11 is 1.48. The van der Waals surface area contributed by atoms with Crippen LogP contribution < -0.4 is 10.6 Å². The topological polar surface area (TPSA) is 63.2 Å². The number of ether oxygens (including phenoxy) is 1. The normalized spacial score (nSPS) is 20.9. The Labute approximate surface area is 136 Å². The number of amides is 1. The van der Waals surface area contributed by atoms with Crippen molar-refractivity contribution in [3.8, 4) is 0 Å². The van der Waals surface area contributed by atoms with Crippen molar-refractivity contribution in [1.29, 1.82) is 0 Å². The van der Waals surface area contributed by atoms with E-state index in [9.17, 15) is 4.79 Å². The highest BCUT2D eigenvalue weighted by Crippen LogP contribution is 2.24. The summed E-state index contributed by atoms with van der Waals surface area (Å²) in [4.78, 5) is 16.7. The smallest absolute Gasteiger partial charge is 0.271 e. The third-order valence-corrected chi connectivity index (χ3v) is 4.57. The van der Waals surface area contributed by atoms with Crippen molar-refractivity contribution in [2.45, 2.75) is 58.6 Å². The van der Waals surface area contributed by atoms with Gasteiger partial charge in [0.2, 0.25) is 0 Å². The lowest BCUT2D eigenvalue weighted by atomic mass is 9.94. The molecule has 0 spiro atoms. The molecule has 1 aliphatic rings. The van der Waals surface area contributed by atoms with Crippen LogP contribution >= 0.6 is 11.3 Å². The van der Waals surface area contributed by atoms with Crippen LogP contribution in [-0.2, 0) is 4.74 Å². The van der Waals surface area contributed by atoms with Crippen molar-refractivity contribution < 1.29 is 9.53 Å². The largest absolute Gasteiger partial charge is 0.375 e. The van der Waals surface area contributed by atoms with Crippen LogP contribution in [0.15, 0.2) is 5.38 Å². The first-order valence-electron chi connectivity index (χ1n) is 8.00. The van der Waals surface area contributed by atoms with Crippen LogP contribution in [-0.4, -0.2) is 35.7 Å². The average molecular weight is 325 g/mol. The number of carbonyl (C=O) groups excluding carboxylic acids is 1. The van der Waals surface area contributed by atoms with Gasteiger partial charge in [-0.3, -0.25) is 4.79 Å². The molecule has 2 rings (SSSR count). The van der Waals surface area contributed by atoms with Gasteiger partial charge in [0, 0.05) is 24.6 Å². The predicted octanol–water partition coefficient (Wildman–Crippen LogP) is 3.29. The molecule has 6 heteroatoms. The molecule has 2 N–H and O–H groups in total. The Balaban J connectivity index is 1.84. The van der Waals surface area contributed by atoms with Crippen molar-refractivity contribution in [1.82, 2.24) is 10.3 Å². The first kappa shape index (κ1) is 17.2. The van der Waals surface area contributed by atoms with Crippen LogP contribution in [0, 0.1) is 5.92 Å². The molecular weight excluding hydrogens is 298 g/mol. The van der Waals surface area contributed by atoms with Gasteiger partial charge in [-0.25, -0.2) is 4.98 Å². The molecule has 0 unspecified atom stereocenters. The van der Waals surface area contributed by atoms with Crippen LogP contribution in [0.25, 0.3) is 0 Å². The maximum absolute atomic E-state index is 12.3. The lowest BCUT2D eigenvalue weighted by molar-refractivity contribution is -0.0615. The molecule has 1 atom stereocenters. The van der Waals surface area contributed by atoms with Gasteiger partial charge in [0.1, 0.15) is 5.69 Å². The van der Waals surface area contributed by atoms with E-state index < -0.39 is 0 Å². The van der Waals surface area contributed by atoms with E-state index in [1.807, 2.05) is 5.38 Å². The first-order valence-corrected chi connectivity index (χ1v) is 8.88. The van der Waals surface area contributed by atoms with Crippen LogP contribution in [0.1, 0.15) is 57.4 Å². The van der Waals surface area contributed by atoms with Crippen molar-refractivity contribution >= 4 is 22.4 Å². The molecule has 0 aromatic carbocycles. The second kappa shape index (κ2) is 7.42. The van der Waals surface area contributed by atoms with Gasteiger partial charge >= 0.3 is 0 Å². The summed E-state index contributed by atoms with van der Waals surface area (Å²) in [5, 5.41) is 8.99. The monoisotopic (exact) mass is 325 g/mol. The van der Waals surface area contributed by atoms with E-state index in [4.69, 9.17) is 4.74 Å². The van der Waals surface area contributed by atoms with Crippen molar-refractivity contribution in [2.24, 2.45) is 5.92 Å². The number of nitrogens with one attached hydrogen (secondary N) is 2. The van der Waals surface area contributed by atoms with Gasteiger partial charge in [0.05, 0.1) is 5.60 Å². The number of anilines is 1. The lowest BCUT2D eigenvalue weighted by Gasteiger charge is -2.35. The Hall–Kier alpha value is -1.14. The maximum atomic E-state index is 12.3. The maximum Gasteiger partial charge on any atom is 0.271 e. The summed E-state index contributed by atoms with van der Waals surface area (Å²) in [6.45, 7) is 10.1. The van der Waals surface area contributed by atoms with Gasteiger partial charge in [0.25, 0.3) is 5.91 Å². The Bertz CT molecular complexity index is 499. The molecule has 0 aliphatic carbocycles. The van der Waals surface area contributed by atoms with Gasteiger partial charge in [0.15, 0.2) is 5.13 Å². The minimum Gasteiger partial charge on any atom is -0.375 e. The second-order valence-electron chi connectivity index (χ2n) is 6.92.